The van der Waals surface area contributed by atoms with Crippen molar-refractivity contribution in [3.8, 4) is 0 Å². The van der Waals surface area contributed by atoms with E-state index in [1.54, 1.807) is 0 Å². The maximum Gasteiger partial charge on any atom is 0.323 e. The fourth-order valence-corrected chi connectivity index (χ4v) is 1.98. The summed E-state index contributed by atoms with van der Waals surface area (Å²) in [6, 6.07) is 0. The summed E-state index contributed by atoms with van der Waals surface area (Å²) in [7, 11) is 2.42. The van der Waals surface area contributed by atoms with Gasteiger partial charge >= 0.3 is 11.9 Å². The molecule has 0 aliphatic heterocycles. The van der Waals surface area contributed by atoms with Crippen LogP contribution in [0.2, 0.25) is 0 Å². The SMILES string of the molecule is COC(=O)C(CCCl)(CCCl)C(=O)OC. The van der Waals surface area contributed by atoms with Crippen LogP contribution in [-0.4, -0.2) is 37.9 Å². The molecule has 0 bridgehead atoms. The lowest BCUT2D eigenvalue weighted by Crippen LogP contribution is -2.42. The molecule has 4 nitrogen and oxygen atoms in total. The van der Waals surface area contributed by atoms with Gasteiger partial charge in [-0.1, -0.05) is 0 Å². The second kappa shape index (κ2) is 6.90. The Morgan fingerprint density at radius 2 is 1.33 bits per heavy atom. The minimum atomic E-state index is -1.37. The summed E-state index contributed by atoms with van der Waals surface area (Å²) >= 11 is 11.1. The van der Waals surface area contributed by atoms with Crippen molar-refractivity contribution in [1.29, 1.82) is 0 Å². The van der Waals surface area contributed by atoms with Crippen molar-refractivity contribution in [3.63, 3.8) is 0 Å². The molecule has 0 amide bonds. The van der Waals surface area contributed by atoms with Crippen molar-refractivity contribution in [2.24, 2.45) is 5.41 Å². The number of hydrogen-bond donors (Lipinski definition) is 0. The maximum atomic E-state index is 11.6. The van der Waals surface area contributed by atoms with Gasteiger partial charge in [-0.3, -0.25) is 9.59 Å². The Morgan fingerprint density at radius 3 is 1.53 bits per heavy atom. The van der Waals surface area contributed by atoms with Crippen LogP contribution in [0.25, 0.3) is 0 Å². The van der Waals surface area contributed by atoms with Crippen LogP contribution in [0.5, 0.6) is 0 Å². The first-order valence-corrected chi connectivity index (χ1v) is 5.44. The summed E-state index contributed by atoms with van der Waals surface area (Å²) in [4.78, 5) is 23.1. The first-order valence-electron chi connectivity index (χ1n) is 4.37. The van der Waals surface area contributed by atoms with Crippen molar-refractivity contribution in [1.82, 2.24) is 0 Å². The van der Waals surface area contributed by atoms with Crippen LogP contribution < -0.4 is 0 Å². The number of methoxy groups -OCH3 is 2. The summed E-state index contributed by atoms with van der Waals surface area (Å²) in [5, 5.41) is 0. The number of halogens is 2. The lowest BCUT2D eigenvalue weighted by atomic mass is 9.82. The van der Waals surface area contributed by atoms with E-state index < -0.39 is 17.4 Å². The summed E-state index contributed by atoms with van der Waals surface area (Å²) in [6.07, 6.45) is 0.307. The van der Waals surface area contributed by atoms with E-state index in [9.17, 15) is 9.59 Å². The van der Waals surface area contributed by atoms with Gasteiger partial charge in [-0.25, -0.2) is 0 Å². The highest BCUT2D eigenvalue weighted by Crippen LogP contribution is 2.31. The quantitative estimate of drug-likeness (QED) is 0.412. The molecule has 0 aromatic heterocycles. The Labute approximate surface area is 98.8 Å². The monoisotopic (exact) mass is 256 g/mol. The largest absolute Gasteiger partial charge is 0.468 e. The second-order valence-electron chi connectivity index (χ2n) is 2.94. The molecule has 0 spiro atoms. The van der Waals surface area contributed by atoms with Crippen molar-refractivity contribution in [2.45, 2.75) is 12.8 Å². The van der Waals surface area contributed by atoms with Gasteiger partial charge in [0.05, 0.1) is 14.2 Å². The average Bonchev–Trinajstić information content (AvgIpc) is 2.26. The molecule has 0 aliphatic rings. The predicted molar refractivity (Wildman–Crippen MR) is 57.1 cm³/mol. The molecule has 0 heterocycles. The summed E-state index contributed by atoms with van der Waals surface area (Å²) in [5.74, 6) is -1.01. The standard InChI is InChI=1S/C9H14Cl2O4/c1-14-7(12)9(3-5-10,4-6-11)8(13)15-2/h3-6H2,1-2H3. The predicted octanol–water partition coefficient (Wildman–Crippen LogP) is 1.58. The number of alkyl halides is 2. The van der Waals surface area contributed by atoms with Gasteiger partial charge in [0.1, 0.15) is 0 Å². The van der Waals surface area contributed by atoms with Gasteiger partial charge in [0.15, 0.2) is 5.41 Å². The molecule has 0 N–H and O–H groups in total. The van der Waals surface area contributed by atoms with Crippen LogP contribution in [-0.2, 0) is 19.1 Å². The Hall–Kier alpha value is -0.480. The van der Waals surface area contributed by atoms with Gasteiger partial charge in [0.2, 0.25) is 0 Å². The Bertz CT molecular complexity index is 206. The molecule has 0 radical (unpaired) electrons. The second-order valence-corrected chi connectivity index (χ2v) is 3.70. The maximum absolute atomic E-state index is 11.6. The lowest BCUT2D eigenvalue weighted by Gasteiger charge is -2.26. The summed E-state index contributed by atoms with van der Waals surface area (Å²) < 4.78 is 9.17. The van der Waals surface area contributed by atoms with Crippen molar-refractivity contribution >= 4 is 35.1 Å². The molecule has 0 aliphatic carbocycles. The van der Waals surface area contributed by atoms with E-state index in [0.29, 0.717) is 0 Å². The summed E-state index contributed by atoms with van der Waals surface area (Å²) in [5.41, 5.74) is -1.37. The molecule has 88 valence electrons. The number of carbonyl (C=O) groups is 2. The Morgan fingerprint density at radius 1 is 1.00 bits per heavy atom. The zero-order valence-electron chi connectivity index (χ0n) is 8.72. The van der Waals surface area contributed by atoms with Crippen molar-refractivity contribution in [3.05, 3.63) is 0 Å². The van der Waals surface area contributed by atoms with Crippen molar-refractivity contribution < 1.29 is 19.1 Å². The minimum absolute atomic E-state index is 0.153. The normalized spacial score (nSPS) is 10.9. The van der Waals surface area contributed by atoms with Crippen molar-refractivity contribution in [2.75, 3.05) is 26.0 Å². The molecule has 0 saturated carbocycles. The zero-order chi connectivity index (χ0) is 11.9. The van der Waals surface area contributed by atoms with Gasteiger partial charge in [0, 0.05) is 11.8 Å². The fraction of sp³-hybridized carbons (Fsp3) is 0.778. The van der Waals surface area contributed by atoms with Gasteiger partial charge in [0.25, 0.3) is 0 Å². The molecule has 15 heavy (non-hydrogen) atoms. The third-order valence-corrected chi connectivity index (χ3v) is 2.57. The van der Waals surface area contributed by atoms with Crippen LogP contribution in [0.15, 0.2) is 0 Å². The molecule has 0 rings (SSSR count). The molecular formula is C9H14Cl2O4. The molecule has 0 aromatic rings. The number of rotatable bonds is 6. The minimum Gasteiger partial charge on any atom is -0.468 e. The molecule has 6 heteroatoms. The van der Waals surface area contributed by atoms with Gasteiger partial charge < -0.3 is 9.47 Å². The molecule has 0 aromatic carbocycles. The highest BCUT2D eigenvalue weighted by molar-refractivity contribution is 6.19. The molecule has 0 atom stereocenters. The first-order chi connectivity index (χ1) is 7.08. The van der Waals surface area contributed by atoms with Crippen LogP contribution in [0, 0.1) is 5.41 Å². The summed E-state index contributed by atoms with van der Waals surface area (Å²) in [6.45, 7) is 0. The van der Waals surface area contributed by atoms with Crippen LogP contribution >= 0.6 is 23.2 Å². The van der Waals surface area contributed by atoms with E-state index in [1.165, 1.54) is 14.2 Å². The van der Waals surface area contributed by atoms with Crippen LogP contribution in [0.4, 0.5) is 0 Å². The van der Waals surface area contributed by atoms with E-state index in [1.807, 2.05) is 0 Å². The van der Waals surface area contributed by atoms with Crippen LogP contribution in [0.3, 0.4) is 0 Å². The van der Waals surface area contributed by atoms with E-state index in [-0.39, 0.29) is 24.6 Å². The third kappa shape index (κ3) is 3.24. The van der Waals surface area contributed by atoms with Gasteiger partial charge in [-0.15, -0.1) is 23.2 Å². The van der Waals surface area contributed by atoms with E-state index in [0.717, 1.165) is 0 Å². The van der Waals surface area contributed by atoms with E-state index in [2.05, 4.69) is 9.47 Å². The highest BCUT2D eigenvalue weighted by atomic mass is 35.5. The molecular weight excluding hydrogens is 243 g/mol. The number of esters is 2. The molecule has 0 fully saturated rings. The van der Waals surface area contributed by atoms with Crippen LogP contribution in [0.1, 0.15) is 12.8 Å². The zero-order valence-corrected chi connectivity index (χ0v) is 10.2. The Kier molecular flexibility index (Phi) is 6.68. The van der Waals surface area contributed by atoms with E-state index in [4.69, 9.17) is 23.2 Å². The molecule has 0 saturated heterocycles. The third-order valence-electron chi connectivity index (χ3n) is 2.19. The van der Waals surface area contributed by atoms with E-state index >= 15 is 0 Å². The number of hydrogen-bond acceptors (Lipinski definition) is 4. The number of carbonyl (C=O) groups excluding carboxylic acids is 2. The first kappa shape index (κ1) is 14.5. The highest BCUT2D eigenvalue weighted by Gasteiger charge is 2.47. The van der Waals surface area contributed by atoms with Gasteiger partial charge in [-0.05, 0) is 12.8 Å². The topological polar surface area (TPSA) is 52.6 Å². The fourth-order valence-electron chi connectivity index (χ4n) is 1.33. The Balaban J connectivity index is 5.05. The average molecular weight is 257 g/mol. The van der Waals surface area contributed by atoms with Gasteiger partial charge in [-0.2, -0.15) is 0 Å². The lowest BCUT2D eigenvalue weighted by molar-refractivity contribution is -0.169. The number of ether oxygens (including phenoxy) is 2. The smallest absolute Gasteiger partial charge is 0.323 e. The molecule has 0 unspecified atom stereocenters.